The first-order valence-electron chi connectivity index (χ1n) is 8.09. The van der Waals surface area contributed by atoms with E-state index in [9.17, 15) is 10.1 Å². The lowest BCUT2D eigenvalue weighted by atomic mass is 10.00. The summed E-state index contributed by atoms with van der Waals surface area (Å²) in [4.78, 5) is 12.0. The van der Waals surface area contributed by atoms with Gasteiger partial charge in [0.25, 0.3) is 5.56 Å². The van der Waals surface area contributed by atoms with Crippen molar-refractivity contribution in [3.63, 3.8) is 0 Å². The van der Waals surface area contributed by atoms with Gasteiger partial charge in [0.05, 0.1) is 34.6 Å². The minimum Gasteiger partial charge on any atom is -0.268 e. The summed E-state index contributed by atoms with van der Waals surface area (Å²) in [5.74, 6) is 0. The Labute approximate surface area is 159 Å². The normalized spacial score (nSPS) is 11.7. The van der Waals surface area contributed by atoms with E-state index in [1.165, 1.54) is 0 Å². The number of aromatic nitrogens is 4. The van der Waals surface area contributed by atoms with E-state index in [0.29, 0.717) is 22.0 Å². The summed E-state index contributed by atoms with van der Waals surface area (Å²) in [5, 5.41) is 25.4. The highest BCUT2D eigenvalue weighted by molar-refractivity contribution is 7.08. The first-order chi connectivity index (χ1) is 13.1. The van der Waals surface area contributed by atoms with Crippen LogP contribution < -0.4 is 5.56 Å². The van der Waals surface area contributed by atoms with Crippen molar-refractivity contribution in [2.75, 3.05) is 0 Å². The van der Waals surface area contributed by atoms with Gasteiger partial charge in [0, 0.05) is 23.6 Å². The number of nitriles is 1. The van der Waals surface area contributed by atoms with Crippen LogP contribution in [0, 0.1) is 18.3 Å². The summed E-state index contributed by atoms with van der Waals surface area (Å²) >= 11 is 1.54. The molecule has 1 aromatic carbocycles. The Balaban J connectivity index is 1.90. The van der Waals surface area contributed by atoms with Gasteiger partial charge >= 0.3 is 0 Å². The van der Waals surface area contributed by atoms with Gasteiger partial charge in [-0.1, -0.05) is 6.07 Å². The summed E-state index contributed by atoms with van der Waals surface area (Å²) in [6, 6.07) is 9.67. The van der Waals surface area contributed by atoms with Crippen LogP contribution in [0.15, 0.2) is 46.0 Å². The highest BCUT2D eigenvalue weighted by atomic mass is 32.1. The molecular weight excluding hydrogens is 358 g/mol. The maximum Gasteiger partial charge on any atom is 0.272 e. The number of hydrogen-bond acceptors (Lipinski definition) is 5. The monoisotopic (exact) mass is 372 g/mol. The third-order valence-corrected chi connectivity index (χ3v) is 5.08. The molecule has 4 rings (SSSR count). The number of nitrogens with one attached hydrogen (secondary N) is 1. The molecule has 0 saturated carbocycles. The molecule has 0 saturated heterocycles. The molecule has 7 heteroatoms. The molecule has 0 amide bonds. The lowest BCUT2D eigenvalue weighted by Gasteiger charge is -2.06. The maximum atomic E-state index is 12.0. The summed E-state index contributed by atoms with van der Waals surface area (Å²) in [5.41, 5.74) is 4.24. The van der Waals surface area contributed by atoms with E-state index < -0.39 is 0 Å². The average molecular weight is 372 g/mol. The van der Waals surface area contributed by atoms with E-state index in [1.807, 2.05) is 42.1 Å². The Morgan fingerprint density at radius 1 is 1.37 bits per heavy atom. The van der Waals surface area contributed by atoms with Crippen LogP contribution in [0.2, 0.25) is 0 Å². The molecule has 6 nitrogen and oxygen atoms in total. The van der Waals surface area contributed by atoms with E-state index in [0.717, 1.165) is 22.4 Å². The number of aromatic amines is 1. The number of benzene rings is 1. The molecule has 0 atom stereocenters. The number of hydrogen-bond donors (Lipinski definition) is 1. The minimum atomic E-state index is -0.250. The second-order valence-electron chi connectivity index (χ2n) is 6.01. The zero-order valence-electron chi connectivity index (χ0n) is 14.4. The number of thiophene rings is 1. The van der Waals surface area contributed by atoms with E-state index in [1.54, 1.807) is 28.3 Å². The van der Waals surface area contributed by atoms with Crippen LogP contribution in [0.1, 0.15) is 17.0 Å². The maximum absolute atomic E-state index is 12.0. The van der Waals surface area contributed by atoms with Crippen molar-refractivity contribution in [2.24, 2.45) is 7.05 Å². The Morgan fingerprint density at radius 2 is 2.22 bits per heavy atom. The lowest BCUT2D eigenvalue weighted by molar-refractivity contribution is 0.760. The van der Waals surface area contributed by atoms with E-state index >= 15 is 0 Å². The van der Waals surface area contributed by atoms with E-state index in [2.05, 4.69) is 28.3 Å². The molecule has 27 heavy (non-hydrogen) atoms. The van der Waals surface area contributed by atoms with Crippen molar-refractivity contribution in [3.05, 3.63) is 75.5 Å². The number of nitrogens with zero attached hydrogens (tertiary/aromatic N) is 4. The van der Waals surface area contributed by atoms with Crippen LogP contribution in [0.25, 0.3) is 33.5 Å². The van der Waals surface area contributed by atoms with Gasteiger partial charge in [-0.05, 0) is 47.5 Å². The van der Waals surface area contributed by atoms with E-state index in [-0.39, 0.29) is 5.56 Å². The summed E-state index contributed by atoms with van der Waals surface area (Å²) in [6.45, 7) is 3.89. The molecule has 0 spiro atoms. The zero-order valence-corrected chi connectivity index (χ0v) is 15.2. The number of aryl methyl sites for hydroxylation is 1. The number of rotatable bonds is 3. The Bertz CT molecular complexity index is 1270. The largest absolute Gasteiger partial charge is 0.272 e. The van der Waals surface area contributed by atoms with Gasteiger partial charge in [-0.15, -0.1) is 0 Å². The lowest BCUT2D eigenvalue weighted by Crippen LogP contribution is -2.09. The highest BCUT2D eigenvalue weighted by Crippen LogP contribution is 2.30. The molecule has 4 aromatic rings. The fraction of sp³-hybridized carbons (Fsp3) is 0.0500. The van der Waals surface area contributed by atoms with Gasteiger partial charge in [0.2, 0.25) is 0 Å². The van der Waals surface area contributed by atoms with Gasteiger partial charge in [0.15, 0.2) is 0 Å². The first kappa shape index (κ1) is 16.9. The molecule has 131 valence electrons. The number of allylic oxidation sites excluding steroid dienone is 1. The summed E-state index contributed by atoms with van der Waals surface area (Å²) in [7, 11) is 1.83. The smallest absolute Gasteiger partial charge is 0.268 e. The first-order valence-corrected chi connectivity index (χ1v) is 9.04. The Kier molecular flexibility index (Phi) is 4.18. The summed E-state index contributed by atoms with van der Waals surface area (Å²) in [6.07, 6.45) is 3.58. The van der Waals surface area contributed by atoms with Crippen LogP contribution in [0.5, 0.6) is 0 Å². The van der Waals surface area contributed by atoms with Crippen LogP contribution in [-0.4, -0.2) is 20.0 Å². The molecule has 3 heterocycles. The van der Waals surface area contributed by atoms with Crippen molar-refractivity contribution in [1.82, 2.24) is 20.0 Å². The van der Waals surface area contributed by atoms with Crippen LogP contribution >= 0.6 is 11.3 Å². The molecule has 0 fully saturated rings. The summed E-state index contributed by atoms with van der Waals surface area (Å²) < 4.78 is 1.73. The molecule has 0 aliphatic rings. The van der Waals surface area contributed by atoms with Crippen molar-refractivity contribution in [3.8, 4) is 17.2 Å². The molecule has 0 aliphatic heterocycles. The van der Waals surface area contributed by atoms with Crippen LogP contribution in [0.3, 0.4) is 0 Å². The Morgan fingerprint density at radius 3 is 2.96 bits per heavy atom. The van der Waals surface area contributed by atoms with Crippen molar-refractivity contribution < 1.29 is 0 Å². The van der Waals surface area contributed by atoms with Gasteiger partial charge in [-0.3, -0.25) is 9.48 Å². The average Bonchev–Trinajstić information content (AvgIpc) is 3.33. The minimum absolute atomic E-state index is 0.250. The second-order valence-corrected chi connectivity index (χ2v) is 6.79. The molecule has 3 aromatic heterocycles. The molecular formula is C20H14N5OS. The zero-order chi connectivity index (χ0) is 19.0. The predicted molar refractivity (Wildman–Crippen MR) is 107 cm³/mol. The number of fused-ring (bicyclic) bond motifs is 1. The van der Waals surface area contributed by atoms with Gasteiger partial charge in [-0.2, -0.15) is 26.8 Å². The third-order valence-electron chi connectivity index (χ3n) is 4.40. The Hall–Kier alpha value is -3.50. The second kappa shape index (κ2) is 6.67. The highest BCUT2D eigenvalue weighted by Gasteiger charge is 2.13. The molecule has 0 bridgehead atoms. The molecule has 1 radical (unpaired) electrons. The fourth-order valence-corrected chi connectivity index (χ4v) is 3.62. The van der Waals surface area contributed by atoms with Crippen LogP contribution in [0.4, 0.5) is 0 Å². The van der Waals surface area contributed by atoms with Crippen molar-refractivity contribution >= 4 is 33.8 Å². The quantitative estimate of drug-likeness (QED) is 0.556. The predicted octanol–water partition coefficient (Wildman–Crippen LogP) is 3.63. The fourth-order valence-electron chi connectivity index (χ4n) is 2.96. The van der Waals surface area contributed by atoms with E-state index in [4.69, 9.17) is 0 Å². The third kappa shape index (κ3) is 2.96. The van der Waals surface area contributed by atoms with Gasteiger partial charge in [-0.25, -0.2) is 5.10 Å². The molecule has 0 unspecified atom stereocenters. The molecule has 1 N–H and O–H groups in total. The van der Waals surface area contributed by atoms with Gasteiger partial charge in [0.1, 0.15) is 0 Å². The van der Waals surface area contributed by atoms with Crippen LogP contribution in [-0.2, 0) is 7.05 Å². The van der Waals surface area contributed by atoms with Crippen molar-refractivity contribution in [2.45, 2.75) is 0 Å². The van der Waals surface area contributed by atoms with Gasteiger partial charge < -0.3 is 0 Å². The van der Waals surface area contributed by atoms with Crippen molar-refractivity contribution in [1.29, 1.82) is 5.26 Å². The molecule has 0 aliphatic carbocycles. The SMILES string of the molecule is [CH2]c1n[nH]c(=O)c2ccc(-c3cnn(C)c3C=C(C#N)c3ccsc3)cc12. The topological polar surface area (TPSA) is 87.4 Å². The standard InChI is InChI=1S/C20H14N5OS/c1-12-17-7-13(3-4-16(17)20(26)24-23-12)18-10-22-25(2)19(18)8-15(9-21)14-5-6-27-11-14/h3-8,10-11H,1H2,2H3,(H,24,26). The number of H-pyrrole nitrogens is 1.